The maximum Gasteiger partial charge on any atom is 0.280 e. The first-order valence-electron chi connectivity index (χ1n) is 5.89. The number of aromatic nitrogens is 2. The van der Waals surface area contributed by atoms with Gasteiger partial charge in [0.2, 0.25) is 11.5 Å². The zero-order chi connectivity index (χ0) is 12.6. The number of anilines is 1. The van der Waals surface area contributed by atoms with Crippen molar-refractivity contribution in [3.05, 3.63) is 5.69 Å². The maximum absolute atomic E-state index is 12.3. The third-order valence-electron chi connectivity index (χ3n) is 3.58. The molecule has 2 rings (SSSR count). The monoisotopic (exact) mass is 238 g/mol. The van der Waals surface area contributed by atoms with Gasteiger partial charge in [0.1, 0.15) is 0 Å². The van der Waals surface area contributed by atoms with E-state index in [1.165, 1.54) is 0 Å². The third kappa shape index (κ3) is 2.11. The molecule has 6 heteroatoms. The SMILES string of the molecule is CC1CC(C)C(C)N(C(=O)c2nonc2N)C1. The Morgan fingerprint density at radius 2 is 2.12 bits per heavy atom. The Balaban J connectivity index is 2.21. The predicted molar refractivity (Wildman–Crippen MR) is 62.2 cm³/mol. The molecule has 0 bridgehead atoms. The van der Waals surface area contributed by atoms with Crippen LogP contribution in [0.5, 0.6) is 0 Å². The minimum Gasteiger partial charge on any atom is -0.379 e. The fraction of sp³-hybridized carbons (Fsp3) is 0.727. The summed E-state index contributed by atoms with van der Waals surface area (Å²) in [4.78, 5) is 14.1. The van der Waals surface area contributed by atoms with Gasteiger partial charge in [0.05, 0.1) is 0 Å². The number of piperidine rings is 1. The molecule has 1 aliphatic rings. The molecule has 2 N–H and O–H groups in total. The number of likely N-dealkylation sites (tertiary alicyclic amines) is 1. The first-order valence-corrected chi connectivity index (χ1v) is 5.89. The molecule has 17 heavy (non-hydrogen) atoms. The van der Waals surface area contributed by atoms with Crippen LogP contribution in [0.2, 0.25) is 0 Å². The van der Waals surface area contributed by atoms with Crippen molar-refractivity contribution in [3.63, 3.8) is 0 Å². The number of hydrogen-bond donors (Lipinski definition) is 1. The van der Waals surface area contributed by atoms with Crippen molar-refractivity contribution >= 4 is 11.7 Å². The van der Waals surface area contributed by atoms with Gasteiger partial charge >= 0.3 is 0 Å². The second kappa shape index (κ2) is 4.35. The molecular weight excluding hydrogens is 220 g/mol. The van der Waals surface area contributed by atoms with E-state index in [1.807, 2.05) is 4.90 Å². The van der Waals surface area contributed by atoms with Crippen LogP contribution in [0.25, 0.3) is 0 Å². The van der Waals surface area contributed by atoms with Crippen LogP contribution in [0, 0.1) is 11.8 Å². The smallest absolute Gasteiger partial charge is 0.280 e. The Morgan fingerprint density at radius 3 is 2.71 bits per heavy atom. The van der Waals surface area contributed by atoms with Crippen LogP contribution in [0.3, 0.4) is 0 Å². The Labute approximate surface area is 100 Å². The highest BCUT2D eigenvalue weighted by atomic mass is 16.6. The lowest BCUT2D eigenvalue weighted by molar-refractivity contribution is 0.0446. The van der Waals surface area contributed by atoms with E-state index in [1.54, 1.807) is 0 Å². The minimum absolute atomic E-state index is 0.0630. The van der Waals surface area contributed by atoms with Crippen molar-refractivity contribution in [3.8, 4) is 0 Å². The standard InChI is InChI=1S/C11H18N4O2/c1-6-4-7(2)8(3)15(5-6)11(16)9-10(12)14-17-13-9/h6-8H,4-5H2,1-3H3,(H2,12,14). The minimum atomic E-state index is -0.186. The third-order valence-corrected chi connectivity index (χ3v) is 3.58. The molecule has 1 fully saturated rings. The van der Waals surface area contributed by atoms with Crippen molar-refractivity contribution in [2.24, 2.45) is 11.8 Å². The molecule has 94 valence electrons. The van der Waals surface area contributed by atoms with E-state index < -0.39 is 0 Å². The number of carbonyl (C=O) groups excluding carboxylic acids is 1. The summed E-state index contributed by atoms with van der Waals surface area (Å²) in [5, 5.41) is 7.01. The average molecular weight is 238 g/mol. The van der Waals surface area contributed by atoms with E-state index in [0.29, 0.717) is 11.8 Å². The first kappa shape index (κ1) is 11.9. The summed E-state index contributed by atoms with van der Waals surface area (Å²) < 4.78 is 4.47. The second-order valence-electron chi connectivity index (χ2n) is 5.01. The van der Waals surface area contributed by atoms with Crippen molar-refractivity contribution in [2.45, 2.75) is 33.2 Å². The quantitative estimate of drug-likeness (QED) is 0.793. The summed E-state index contributed by atoms with van der Waals surface area (Å²) in [5.74, 6) is 0.845. The summed E-state index contributed by atoms with van der Waals surface area (Å²) in [6.07, 6.45) is 1.14. The highest BCUT2D eigenvalue weighted by molar-refractivity contribution is 5.96. The normalized spacial score (nSPS) is 29.4. The number of nitrogens with zero attached hydrogens (tertiary/aromatic N) is 3. The van der Waals surface area contributed by atoms with Gasteiger partial charge in [-0.15, -0.1) is 0 Å². The van der Waals surface area contributed by atoms with E-state index in [2.05, 4.69) is 35.7 Å². The number of carbonyl (C=O) groups is 1. The lowest BCUT2D eigenvalue weighted by atomic mass is 9.86. The van der Waals surface area contributed by atoms with Crippen LogP contribution in [0.4, 0.5) is 5.82 Å². The van der Waals surface area contributed by atoms with Gasteiger partial charge in [-0.1, -0.05) is 13.8 Å². The van der Waals surface area contributed by atoms with Crippen molar-refractivity contribution < 1.29 is 9.42 Å². The van der Waals surface area contributed by atoms with Crippen LogP contribution in [-0.2, 0) is 0 Å². The molecule has 0 spiro atoms. The largest absolute Gasteiger partial charge is 0.379 e. The van der Waals surface area contributed by atoms with Crippen LogP contribution in [-0.4, -0.2) is 33.7 Å². The maximum atomic E-state index is 12.3. The fourth-order valence-corrected chi connectivity index (χ4v) is 2.46. The summed E-state index contributed by atoms with van der Waals surface area (Å²) in [6.45, 7) is 7.09. The summed E-state index contributed by atoms with van der Waals surface area (Å²) in [6, 6.07) is 0.190. The van der Waals surface area contributed by atoms with Gasteiger partial charge < -0.3 is 10.6 Å². The lowest BCUT2D eigenvalue weighted by Gasteiger charge is -2.40. The molecule has 1 saturated heterocycles. The number of amides is 1. The molecule has 6 nitrogen and oxygen atoms in total. The molecule has 3 unspecified atom stereocenters. The van der Waals surface area contributed by atoms with Crippen LogP contribution in [0.15, 0.2) is 4.63 Å². The molecular formula is C11H18N4O2. The average Bonchev–Trinajstić information content (AvgIpc) is 2.69. The molecule has 3 atom stereocenters. The van der Waals surface area contributed by atoms with E-state index in [4.69, 9.17) is 5.73 Å². The van der Waals surface area contributed by atoms with Crippen LogP contribution >= 0.6 is 0 Å². The summed E-state index contributed by atoms with van der Waals surface area (Å²) in [5.41, 5.74) is 5.67. The van der Waals surface area contributed by atoms with Gasteiger partial charge in [0.15, 0.2) is 0 Å². The van der Waals surface area contributed by atoms with Gasteiger partial charge in [0, 0.05) is 12.6 Å². The predicted octanol–water partition coefficient (Wildman–Crippen LogP) is 1.16. The van der Waals surface area contributed by atoms with Crippen molar-refractivity contribution in [1.29, 1.82) is 0 Å². The summed E-state index contributed by atoms with van der Waals surface area (Å²) >= 11 is 0. The number of nitrogens with two attached hydrogens (primary N) is 1. The van der Waals surface area contributed by atoms with E-state index >= 15 is 0 Å². The van der Waals surface area contributed by atoms with Gasteiger partial charge in [-0.2, -0.15) is 0 Å². The fourth-order valence-electron chi connectivity index (χ4n) is 2.46. The Kier molecular flexibility index (Phi) is 3.04. The Bertz CT molecular complexity index is 417. The van der Waals surface area contributed by atoms with Crippen LogP contribution in [0.1, 0.15) is 37.7 Å². The molecule has 1 aliphatic heterocycles. The first-order chi connectivity index (χ1) is 8.00. The van der Waals surface area contributed by atoms with E-state index in [9.17, 15) is 4.79 Å². The Morgan fingerprint density at radius 1 is 1.41 bits per heavy atom. The topological polar surface area (TPSA) is 85.2 Å². The van der Waals surface area contributed by atoms with Gasteiger partial charge in [-0.25, -0.2) is 4.63 Å². The lowest BCUT2D eigenvalue weighted by Crippen LogP contribution is -2.49. The highest BCUT2D eigenvalue weighted by Gasteiger charge is 2.34. The zero-order valence-corrected chi connectivity index (χ0v) is 10.4. The van der Waals surface area contributed by atoms with Gasteiger partial charge in [-0.05, 0) is 35.5 Å². The molecule has 1 amide bonds. The van der Waals surface area contributed by atoms with E-state index in [-0.39, 0.29) is 23.5 Å². The molecule has 0 radical (unpaired) electrons. The summed E-state index contributed by atoms with van der Waals surface area (Å²) in [7, 11) is 0. The van der Waals surface area contributed by atoms with Gasteiger partial charge in [-0.3, -0.25) is 4.79 Å². The second-order valence-corrected chi connectivity index (χ2v) is 5.01. The molecule has 1 aromatic rings. The molecule has 0 aromatic carbocycles. The Hall–Kier alpha value is -1.59. The van der Waals surface area contributed by atoms with Gasteiger partial charge in [0.25, 0.3) is 5.91 Å². The number of hydrogen-bond acceptors (Lipinski definition) is 5. The number of rotatable bonds is 1. The molecule has 1 aromatic heterocycles. The van der Waals surface area contributed by atoms with Crippen molar-refractivity contribution in [1.82, 2.24) is 15.2 Å². The highest BCUT2D eigenvalue weighted by Crippen LogP contribution is 2.28. The molecule has 2 heterocycles. The molecule has 0 aliphatic carbocycles. The molecule has 0 saturated carbocycles. The van der Waals surface area contributed by atoms with Crippen molar-refractivity contribution in [2.75, 3.05) is 12.3 Å². The van der Waals surface area contributed by atoms with Crippen LogP contribution < -0.4 is 5.73 Å². The zero-order valence-electron chi connectivity index (χ0n) is 10.4. The van der Waals surface area contributed by atoms with E-state index in [0.717, 1.165) is 13.0 Å². The number of nitrogen functional groups attached to an aromatic ring is 1.